The summed E-state index contributed by atoms with van der Waals surface area (Å²) in [7, 11) is 0. The van der Waals surface area contributed by atoms with Gasteiger partial charge in [0.1, 0.15) is 5.65 Å². The third kappa shape index (κ3) is 1.74. The summed E-state index contributed by atoms with van der Waals surface area (Å²) in [4.78, 5) is 9.32. The van der Waals surface area contributed by atoms with Crippen molar-refractivity contribution in [2.75, 3.05) is 6.54 Å². The second-order valence-electron chi connectivity index (χ2n) is 5.54. The van der Waals surface area contributed by atoms with Crippen molar-refractivity contribution in [2.45, 2.75) is 20.3 Å². The van der Waals surface area contributed by atoms with Gasteiger partial charge in [-0.15, -0.1) is 0 Å². The highest BCUT2D eigenvalue weighted by atomic mass is 15.1. The van der Waals surface area contributed by atoms with E-state index in [1.54, 1.807) is 0 Å². The molecule has 0 atom stereocenters. The van der Waals surface area contributed by atoms with E-state index >= 15 is 0 Å². The first-order valence-corrected chi connectivity index (χ1v) is 7.33. The van der Waals surface area contributed by atoms with E-state index in [9.17, 15) is 0 Å². The molecule has 3 heteroatoms. The molecule has 0 saturated heterocycles. The maximum absolute atomic E-state index is 4.67. The van der Waals surface area contributed by atoms with E-state index in [0.29, 0.717) is 0 Å². The van der Waals surface area contributed by atoms with E-state index < -0.39 is 0 Å². The van der Waals surface area contributed by atoms with Crippen molar-refractivity contribution >= 4 is 16.7 Å². The quantitative estimate of drug-likeness (QED) is 0.666. The standard InChI is InChI=1S/C18H17N3/c1-12-8-10-20-18-16(12)15-9-11-19-13(2)17(15)21(18)14-6-4-3-5-7-14/h3-8,10H,9,11H2,1-2H3. The van der Waals surface area contributed by atoms with Crippen molar-refractivity contribution in [3.8, 4) is 5.69 Å². The molecule has 3 heterocycles. The molecule has 1 aromatic carbocycles. The molecule has 1 aliphatic rings. The van der Waals surface area contributed by atoms with Crippen LogP contribution in [0.4, 0.5) is 0 Å². The van der Waals surface area contributed by atoms with Crippen molar-refractivity contribution in [1.29, 1.82) is 0 Å². The van der Waals surface area contributed by atoms with Gasteiger partial charge in [0, 0.05) is 23.8 Å². The van der Waals surface area contributed by atoms with Crippen LogP contribution in [0.25, 0.3) is 16.7 Å². The van der Waals surface area contributed by atoms with Crippen molar-refractivity contribution < 1.29 is 0 Å². The van der Waals surface area contributed by atoms with Gasteiger partial charge in [-0.05, 0) is 49.6 Å². The van der Waals surface area contributed by atoms with E-state index in [4.69, 9.17) is 0 Å². The summed E-state index contributed by atoms with van der Waals surface area (Å²) in [6, 6.07) is 12.5. The number of aryl methyl sites for hydroxylation is 1. The van der Waals surface area contributed by atoms with Crippen LogP contribution in [0.3, 0.4) is 0 Å². The van der Waals surface area contributed by atoms with Crippen LogP contribution < -0.4 is 0 Å². The van der Waals surface area contributed by atoms with Gasteiger partial charge in [-0.25, -0.2) is 4.98 Å². The predicted molar refractivity (Wildman–Crippen MR) is 86.6 cm³/mol. The van der Waals surface area contributed by atoms with Gasteiger partial charge in [-0.3, -0.25) is 9.56 Å². The van der Waals surface area contributed by atoms with Crippen LogP contribution in [0.15, 0.2) is 47.6 Å². The molecular formula is C18H17N3. The molecule has 2 aromatic heterocycles. The first-order valence-electron chi connectivity index (χ1n) is 7.33. The fourth-order valence-corrected chi connectivity index (χ4v) is 3.31. The lowest BCUT2D eigenvalue weighted by atomic mass is 10.0. The Hall–Kier alpha value is -2.42. The monoisotopic (exact) mass is 275 g/mol. The van der Waals surface area contributed by atoms with E-state index in [1.165, 1.54) is 22.2 Å². The average Bonchev–Trinajstić information content (AvgIpc) is 2.85. The molecule has 3 nitrogen and oxygen atoms in total. The Bertz CT molecular complexity index is 857. The number of para-hydroxylation sites is 1. The fourth-order valence-electron chi connectivity index (χ4n) is 3.31. The molecule has 0 aliphatic carbocycles. The number of pyridine rings is 1. The number of rotatable bonds is 1. The molecule has 3 aromatic rings. The van der Waals surface area contributed by atoms with Gasteiger partial charge >= 0.3 is 0 Å². The van der Waals surface area contributed by atoms with E-state index in [1.807, 2.05) is 12.3 Å². The molecule has 0 fully saturated rings. The Morgan fingerprint density at radius 2 is 1.86 bits per heavy atom. The molecule has 21 heavy (non-hydrogen) atoms. The number of hydrogen-bond acceptors (Lipinski definition) is 2. The summed E-state index contributed by atoms with van der Waals surface area (Å²) < 4.78 is 2.26. The Kier molecular flexibility index (Phi) is 2.67. The number of aliphatic imine (C=N–C) groups is 1. The molecule has 0 saturated carbocycles. The van der Waals surface area contributed by atoms with Gasteiger partial charge in [-0.2, -0.15) is 0 Å². The highest BCUT2D eigenvalue weighted by molar-refractivity contribution is 6.06. The van der Waals surface area contributed by atoms with Gasteiger partial charge in [0.15, 0.2) is 0 Å². The second kappa shape index (κ2) is 4.55. The second-order valence-corrected chi connectivity index (χ2v) is 5.54. The Morgan fingerprint density at radius 3 is 2.67 bits per heavy atom. The van der Waals surface area contributed by atoms with Gasteiger partial charge in [-0.1, -0.05) is 18.2 Å². The number of benzene rings is 1. The van der Waals surface area contributed by atoms with Crippen LogP contribution in [0.1, 0.15) is 23.7 Å². The lowest BCUT2D eigenvalue weighted by molar-refractivity contribution is 0.925. The number of fused-ring (bicyclic) bond motifs is 3. The molecule has 0 unspecified atom stereocenters. The van der Waals surface area contributed by atoms with Gasteiger partial charge in [0.2, 0.25) is 0 Å². The smallest absolute Gasteiger partial charge is 0.145 e. The number of nitrogens with zero attached hydrogens (tertiary/aromatic N) is 3. The van der Waals surface area contributed by atoms with E-state index in [-0.39, 0.29) is 0 Å². The summed E-state index contributed by atoms with van der Waals surface area (Å²) in [5.41, 5.74) is 7.22. The van der Waals surface area contributed by atoms with Crippen LogP contribution in [-0.4, -0.2) is 21.8 Å². The SMILES string of the molecule is CC1=NCCc2c1n(-c1ccccc1)c1nccc(C)c21. The molecule has 0 bridgehead atoms. The maximum atomic E-state index is 4.67. The average molecular weight is 275 g/mol. The van der Waals surface area contributed by atoms with Crippen molar-refractivity contribution in [3.63, 3.8) is 0 Å². The van der Waals surface area contributed by atoms with Crippen LogP contribution in [-0.2, 0) is 6.42 Å². The number of hydrogen-bond donors (Lipinski definition) is 0. The van der Waals surface area contributed by atoms with Crippen LogP contribution >= 0.6 is 0 Å². The molecule has 0 amide bonds. The zero-order valence-corrected chi connectivity index (χ0v) is 12.3. The molecular weight excluding hydrogens is 258 g/mol. The maximum Gasteiger partial charge on any atom is 0.145 e. The Labute approximate surface area is 124 Å². The topological polar surface area (TPSA) is 30.2 Å². The highest BCUT2D eigenvalue weighted by Crippen LogP contribution is 2.33. The van der Waals surface area contributed by atoms with Gasteiger partial charge in [0.25, 0.3) is 0 Å². The summed E-state index contributed by atoms with van der Waals surface area (Å²) in [5, 5.41) is 1.30. The van der Waals surface area contributed by atoms with Gasteiger partial charge < -0.3 is 0 Å². The van der Waals surface area contributed by atoms with Crippen molar-refractivity contribution in [2.24, 2.45) is 4.99 Å². The highest BCUT2D eigenvalue weighted by Gasteiger charge is 2.24. The molecule has 0 spiro atoms. The summed E-state index contributed by atoms with van der Waals surface area (Å²) in [5.74, 6) is 0. The molecule has 1 aliphatic heterocycles. The fraction of sp³-hybridized carbons (Fsp3) is 0.222. The predicted octanol–water partition coefficient (Wildman–Crippen LogP) is 3.70. The minimum atomic E-state index is 0.876. The summed E-state index contributed by atoms with van der Waals surface area (Å²) in [6.07, 6.45) is 2.89. The largest absolute Gasteiger partial charge is 0.292 e. The van der Waals surface area contributed by atoms with Crippen molar-refractivity contribution in [1.82, 2.24) is 9.55 Å². The van der Waals surface area contributed by atoms with Gasteiger partial charge in [0.05, 0.1) is 11.4 Å². The third-order valence-electron chi connectivity index (χ3n) is 4.23. The first-order chi connectivity index (χ1) is 10.3. The molecule has 0 N–H and O–H groups in total. The van der Waals surface area contributed by atoms with E-state index in [2.05, 4.69) is 58.7 Å². The van der Waals surface area contributed by atoms with Crippen LogP contribution in [0.2, 0.25) is 0 Å². The van der Waals surface area contributed by atoms with E-state index in [0.717, 1.165) is 30.0 Å². The lowest BCUT2D eigenvalue weighted by Crippen LogP contribution is -2.13. The summed E-state index contributed by atoms with van der Waals surface area (Å²) in [6.45, 7) is 5.15. The number of aromatic nitrogens is 2. The molecule has 4 rings (SSSR count). The Balaban J connectivity index is 2.18. The molecule has 0 radical (unpaired) electrons. The lowest BCUT2D eigenvalue weighted by Gasteiger charge is -2.14. The van der Waals surface area contributed by atoms with Crippen LogP contribution in [0, 0.1) is 6.92 Å². The zero-order chi connectivity index (χ0) is 14.4. The summed E-state index contributed by atoms with van der Waals surface area (Å²) >= 11 is 0. The zero-order valence-electron chi connectivity index (χ0n) is 12.3. The first kappa shape index (κ1) is 12.3. The Morgan fingerprint density at radius 1 is 1.05 bits per heavy atom. The third-order valence-corrected chi connectivity index (χ3v) is 4.23. The molecule has 104 valence electrons. The minimum absolute atomic E-state index is 0.876. The van der Waals surface area contributed by atoms with Crippen LogP contribution in [0.5, 0.6) is 0 Å². The normalized spacial score (nSPS) is 14.1. The van der Waals surface area contributed by atoms with Crippen molar-refractivity contribution in [3.05, 3.63) is 59.4 Å². The minimum Gasteiger partial charge on any atom is -0.292 e.